The fourth-order valence-electron chi connectivity index (χ4n) is 3.81. The molecule has 0 spiro atoms. The summed E-state index contributed by atoms with van der Waals surface area (Å²) in [7, 11) is 0. The van der Waals surface area contributed by atoms with Crippen molar-refractivity contribution in [2.24, 2.45) is 17.3 Å². The summed E-state index contributed by atoms with van der Waals surface area (Å²) < 4.78 is 0. The second-order valence-corrected chi connectivity index (χ2v) is 6.54. The van der Waals surface area contributed by atoms with E-state index < -0.39 is 0 Å². The first-order valence-electron chi connectivity index (χ1n) is 8.15. The normalized spacial score (nSPS) is 31.5. The maximum Gasteiger partial charge on any atom is 0.0693 e. The summed E-state index contributed by atoms with van der Waals surface area (Å²) in [6.45, 7) is 6.78. The Morgan fingerprint density at radius 1 is 1.43 bits per heavy atom. The van der Waals surface area contributed by atoms with Crippen LogP contribution in [-0.4, -0.2) is 4.98 Å². The molecule has 1 heteroatoms. The van der Waals surface area contributed by atoms with Crippen LogP contribution in [0.1, 0.15) is 44.4 Å². The van der Waals surface area contributed by atoms with Gasteiger partial charge in [-0.15, -0.1) is 0 Å². The Morgan fingerprint density at radius 2 is 2.24 bits per heavy atom. The summed E-state index contributed by atoms with van der Waals surface area (Å²) in [4.78, 5) is 4.67. The molecule has 1 nitrogen and oxygen atoms in total. The largest absolute Gasteiger partial charge is 0.256 e. The number of allylic oxidation sites excluding steroid dienone is 6. The van der Waals surface area contributed by atoms with Crippen LogP contribution in [0.25, 0.3) is 5.57 Å². The lowest BCUT2D eigenvalue weighted by Crippen LogP contribution is -2.20. The van der Waals surface area contributed by atoms with Gasteiger partial charge in [-0.1, -0.05) is 50.3 Å². The lowest BCUT2D eigenvalue weighted by molar-refractivity contribution is 0.437. The highest BCUT2D eigenvalue weighted by Crippen LogP contribution is 2.63. The van der Waals surface area contributed by atoms with Crippen LogP contribution in [0.5, 0.6) is 0 Å². The van der Waals surface area contributed by atoms with Gasteiger partial charge in [0.25, 0.3) is 0 Å². The van der Waals surface area contributed by atoms with Gasteiger partial charge >= 0.3 is 0 Å². The van der Waals surface area contributed by atoms with Crippen LogP contribution in [0, 0.1) is 24.2 Å². The zero-order chi connectivity index (χ0) is 14.9. The van der Waals surface area contributed by atoms with E-state index in [9.17, 15) is 0 Å². The summed E-state index contributed by atoms with van der Waals surface area (Å²) in [6.07, 6.45) is 17.1. The molecular weight excluding hydrogens is 254 g/mol. The molecule has 0 aliphatic heterocycles. The lowest BCUT2D eigenvalue weighted by Gasteiger charge is -2.29. The summed E-state index contributed by atoms with van der Waals surface area (Å²) in [5.41, 5.74) is 4.26. The van der Waals surface area contributed by atoms with Crippen molar-refractivity contribution in [3.8, 4) is 0 Å². The molecule has 1 saturated carbocycles. The SMILES string of the molecule is CCC=CC1(C2CC=CC=C2c2ncccc2C)CC1C. The van der Waals surface area contributed by atoms with Crippen molar-refractivity contribution in [3.05, 3.63) is 60.0 Å². The Hall–Kier alpha value is -1.63. The second kappa shape index (κ2) is 5.63. The Morgan fingerprint density at radius 3 is 2.90 bits per heavy atom. The van der Waals surface area contributed by atoms with Crippen LogP contribution in [0.15, 0.2) is 48.7 Å². The van der Waals surface area contributed by atoms with E-state index in [-0.39, 0.29) is 0 Å². The number of nitrogens with zero attached hydrogens (tertiary/aromatic N) is 1. The summed E-state index contributed by atoms with van der Waals surface area (Å²) in [6, 6.07) is 4.20. The first-order valence-corrected chi connectivity index (χ1v) is 8.15. The van der Waals surface area contributed by atoms with Crippen molar-refractivity contribution in [2.45, 2.75) is 40.0 Å². The molecular formula is C20H25N. The predicted molar refractivity (Wildman–Crippen MR) is 89.8 cm³/mol. The zero-order valence-electron chi connectivity index (χ0n) is 13.3. The molecule has 1 heterocycles. The van der Waals surface area contributed by atoms with Crippen molar-refractivity contribution in [1.29, 1.82) is 0 Å². The topological polar surface area (TPSA) is 12.9 Å². The summed E-state index contributed by atoms with van der Waals surface area (Å²) >= 11 is 0. The molecule has 110 valence electrons. The molecule has 2 aliphatic rings. The first-order chi connectivity index (χ1) is 10.2. The minimum Gasteiger partial charge on any atom is -0.256 e. The van der Waals surface area contributed by atoms with Crippen molar-refractivity contribution in [1.82, 2.24) is 4.98 Å². The van der Waals surface area contributed by atoms with Gasteiger partial charge in [0.15, 0.2) is 0 Å². The summed E-state index contributed by atoms with van der Waals surface area (Å²) in [5.74, 6) is 1.36. The third-order valence-electron chi connectivity index (χ3n) is 5.17. The maximum atomic E-state index is 4.67. The number of aryl methyl sites for hydroxylation is 1. The van der Waals surface area contributed by atoms with Gasteiger partial charge in [0.05, 0.1) is 5.69 Å². The molecule has 3 unspecified atom stereocenters. The Kier molecular flexibility index (Phi) is 3.84. The van der Waals surface area contributed by atoms with Crippen LogP contribution in [0.3, 0.4) is 0 Å². The van der Waals surface area contributed by atoms with E-state index in [1.54, 1.807) is 0 Å². The van der Waals surface area contributed by atoms with E-state index >= 15 is 0 Å². The van der Waals surface area contributed by atoms with Crippen LogP contribution in [0.2, 0.25) is 0 Å². The average molecular weight is 279 g/mol. The fourth-order valence-corrected chi connectivity index (χ4v) is 3.81. The van der Waals surface area contributed by atoms with E-state index in [0.717, 1.165) is 18.8 Å². The van der Waals surface area contributed by atoms with Gasteiger partial charge in [0, 0.05) is 6.20 Å². The van der Waals surface area contributed by atoms with Gasteiger partial charge in [0.2, 0.25) is 0 Å². The fraction of sp³-hybridized carbons (Fsp3) is 0.450. The van der Waals surface area contributed by atoms with Crippen LogP contribution >= 0.6 is 0 Å². The van der Waals surface area contributed by atoms with Gasteiger partial charge in [-0.2, -0.15) is 0 Å². The molecule has 3 atom stereocenters. The minimum absolute atomic E-state index is 0.358. The first kappa shape index (κ1) is 14.3. The highest BCUT2D eigenvalue weighted by Gasteiger charge is 2.55. The van der Waals surface area contributed by atoms with Crippen molar-refractivity contribution < 1.29 is 0 Å². The molecule has 3 rings (SSSR count). The number of aromatic nitrogens is 1. The number of hydrogen-bond donors (Lipinski definition) is 0. The summed E-state index contributed by atoms with van der Waals surface area (Å²) in [5, 5.41) is 0. The van der Waals surface area contributed by atoms with Crippen LogP contribution < -0.4 is 0 Å². The maximum absolute atomic E-state index is 4.67. The molecule has 0 aromatic carbocycles. The van der Waals surface area contributed by atoms with E-state index in [1.807, 2.05) is 12.3 Å². The van der Waals surface area contributed by atoms with E-state index in [4.69, 9.17) is 0 Å². The molecule has 0 N–H and O–H groups in total. The van der Waals surface area contributed by atoms with Gasteiger partial charge < -0.3 is 0 Å². The number of hydrogen-bond acceptors (Lipinski definition) is 1. The lowest BCUT2D eigenvalue weighted by atomic mass is 9.75. The van der Waals surface area contributed by atoms with E-state index in [0.29, 0.717) is 11.3 Å². The van der Waals surface area contributed by atoms with Crippen molar-refractivity contribution >= 4 is 5.57 Å². The molecule has 0 amide bonds. The monoisotopic (exact) mass is 279 g/mol. The number of rotatable bonds is 4. The molecule has 0 bridgehead atoms. The predicted octanol–water partition coefficient (Wildman–Crippen LogP) is 5.34. The van der Waals surface area contributed by atoms with Gasteiger partial charge in [-0.3, -0.25) is 4.98 Å². The smallest absolute Gasteiger partial charge is 0.0693 e. The highest BCUT2D eigenvalue weighted by molar-refractivity contribution is 5.71. The van der Waals surface area contributed by atoms with Crippen LogP contribution in [-0.2, 0) is 0 Å². The van der Waals surface area contributed by atoms with E-state index in [1.165, 1.54) is 23.3 Å². The average Bonchev–Trinajstić information content (AvgIpc) is 3.17. The quantitative estimate of drug-likeness (QED) is 0.678. The number of pyridine rings is 1. The Labute approximate surface area is 128 Å². The molecule has 21 heavy (non-hydrogen) atoms. The van der Waals surface area contributed by atoms with Crippen molar-refractivity contribution in [2.75, 3.05) is 0 Å². The molecule has 1 aromatic heterocycles. The molecule has 0 saturated heterocycles. The van der Waals surface area contributed by atoms with Gasteiger partial charge in [0.1, 0.15) is 0 Å². The zero-order valence-corrected chi connectivity index (χ0v) is 13.3. The second-order valence-electron chi connectivity index (χ2n) is 6.54. The highest BCUT2D eigenvalue weighted by atomic mass is 14.7. The van der Waals surface area contributed by atoms with Crippen LogP contribution in [0.4, 0.5) is 0 Å². The Balaban J connectivity index is 1.99. The molecule has 0 radical (unpaired) electrons. The van der Waals surface area contributed by atoms with Gasteiger partial charge in [-0.25, -0.2) is 0 Å². The molecule has 1 aromatic rings. The Bertz CT molecular complexity index is 608. The minimum atomic E-state index is 0.358. The third-order valence-corrected chi connectivity index (χ3v) is 5.17. The standard InChI is InChI=1S/C20H25N/c1-4-5-12-20(14-16(20)3)18-11-7-6-10-17(18)19-15(2)9-8-13-21-19/h5-10,12-13,16,18H,4,11,14H2,1-3H3. The molecule has 1 fully saturated rings. The van der Waals surface area contributed by atoms with Crippen molar-refractivity contribution in [3.63, 3.8) is 0 Å². The molecule has 2 aliphatic carbocycles. The van der Waals surface area contributed by atoms with E-state index in [2.05, 4.69) is 62.2 Å². The third kappa shape index (κ3) is 2.50. The van der Waals surface area contributed by atoms with Gasteiger partial charge in [-0.05, 0) is 60.6 Å².